The third-order valence-electron chi connectivity index (χ3n) is 6.05. The molecule has 1 saturated carbocycles. The molecule has 5 heteroatoms. The molecule has 2 aliphatic rings. The summed E-state index contributed by atoms with van der Waals surface area (Å²) >= 11 is 0. The van der Waals surface area contributed by atoms with Crippen LogP contribution in [-0.4, -0.2) is 24.9 Å². The van der Waals surface area contributed by atoms with Crippen molar-refractivity contribution in [2.24, 2.45) is 5.41 Å². The molecule has 1 heterocycles. The number of hydrogen-bond acceptors (Lipinski definition) is 3. The Morgan fingerprint density at radius 1 is 0.828 bits per heavy atom. The van der Waals surface area contributed by atoms with Crippen molar-refractivity contribution in [1.29, 1.82) is 0 Å². The van der Waals surface area contributed by atoms with Gasteiger partial charge in [0.25, 0.3) is 0 Å². The number of amides is 2. The van der Waals surface area contributed by atoms with Crippen LogP contribution in [0.25, 0.3) is 0 Å². The number of rotatable bonds is 6. The van der Waals surface area contributed by atoms with E-state index in [-0.39, 0.29) is 11.8 Å². The van der Waals surface area contributed by atoms with E-state index in [2.05, 4.69) is 29.4 Å². The fourth-order valence-electron chi connectivity index (χ4n) is 3.87. The largest absolute Gasteiger partial charge is 0.372 e. The molecule has 2 N–H and O–H groups in total. The highest BCUT2D eigenvalue weighted by molar-refractivity contribution is 6.16. The summed E-state index contributed by atoms with van der Waals surface area (Å²) in [5.41, 5.74) is 2.92. The van der Waals surface area contributed by atoms with Crippen molar-refractivity contribution in [2.75, 3.05) is 28.6 Å². The quantitative estimate of drug-likeness (QED) is 0.698. The van der Waals surface area contributed by atoms with Gasteiger partial charge in [0.05, 0.1) is 0 Å². The topological polar surface area (TPSA) is 61.4 Å². The molecule has 0 spiro atoms. The maximum absolute atomic E-state index is 12.8. The van der Waals surface area contributed by atoms with Crippen LogP contribution in [0.3, 0.4) is 0 Å². The Bertz CT molecular complexity index is 877. The summed E-state index contributed by atoms with van der Waals surface area (Å²) in [6, 6.07) is 15.8. The second-order valence-corrected chi connectivity index (χ2v) is 8.51. The van der Waals surface area contributed by atoms with Crippen molar-refractivity contribution in [3.8, 4) is 0 Å². The molecule has 29 heavy (non-hydrogen) atoms. The standard InChI is InChI=1S/C24H29N3O2/c1-17(2)18-5-7-19(8-6-18)25-22(28)24(13-14-24)23(29)26-20-9-11-21(12-10-20)27-15-3-4-16-27/h5-12,17H,3-4,13-16H2,1-2H3,(H,25,28)(H,26,29). The smallest absolute Gasteiger partial charge is 0.240 e. The average Bonchev–Trinajstić information content (AvgIpc) is 3.37. The van der Waals surface area contributed by atoms with Gasteiger partial charge >= 0.3 is 0 Å². The van der Waals surface area contributed by atoms with Gasteiger partial charge in [-0.1, -0.05) is 26.0 Å². The van der Waals surface area contributed by atoms with Crippen LogP contribution in [0.5, 0.6) is 0 Å². The Morgan fingerprint density at radius 2 is 1.31 bits per heavy atom. The monoisotopic (exact) mass is 391 g/mol. The summed E-state index contributed by atoms with van der Waals surface area (Å²) in [6.07, 6.45) is 3.63. The minimum Gasteiger partial charge on any atom is -0.372 e. The highest BCUT2D eigenvalue weighted by Gasteiger charge is 2.56. The fourth-order valence-corrected chi connectivity index (χ4v) is 3.87. The lowest BCUT2D eigenvalue weighted by atomic mass is 10.0. The Kier molecular flexibility index (Phi) is 5.31. The van der Waals surface area contributed by atoms with E-state index in [1.165, 1.54) is 24.1 Å². The SMILES string of the molecule is CC(C)c1ccc(NC(=O)C2(C(=O)Nc3ccc(N4CCCC4)cc3)CC2)cc1. The molecule has 4 rings (SSSR count). The number of carbonyl (C=O) groups excluding carboxylic acids is 2. The van der Waals surface area contributed by atoms with Crippen LogP contribution in [-0.2, 0) is 9.59 Å². The Hall–Kier alpha value is -2.82. The van der Waals surface area contributed by atoms with Gasteiger partial charge in [-0.2, -0.15) is 0 Å². The zero-order valence-corrected chi connectivity index (χ0v) is 17.2. The summed E-state index contributed by atoms with van der Waals surface area (Å²) in [5.74, 6) is 0.000803. The fraction of sp³-hybridized carbons (Fsp3) is 0.417. The van der Waals surface area contributed by atoms with E-state index < -0.39 is 5.41 Å². The molecule has 2 aromatic carbocycles. The van der Waals surface area contributed by atoms with Gasteiger partial charge in [-0.15, -0.1) is 0 Å². The first-order valence-electron chi connectivity index (χ1n) is 10.6. The summed E-state index contributed by atoms with van der Waals surface area (Å²) in [6.45, 7) is 6.45. The Labute approximate surface area is 172 Å². The van der Waals surface area contributed by atoms with E-state index in [0.717, 1.165) is 24.5 Å². The van der Waals surface area contributed by atoms with Crippen molar-refractivity contribution < 1.29 is 9.59 Å². The van der Waals surface area contributed by atoms with Gasteiger partial charge in [0, 0.05) is 30.2 Å². The molecule has 0 radical (unpaired) electrons. The number of nitrogens with one attached hydrogen (secondary N) is 2. The van der Waals surface area contributed by atoms with Crippen molar-refractivity contribution >= 4 is 28.9 Å². The summed E-state index contributed by atoms with van der Waals surface area (Å²) < 4.78 is 0. The van der Waals surface area contributed by atoms with Crippen molar-refractivity contribution in [3.05, 3.63) is 54.1 Å². The molecule has 152 valence electrons. The van der Waals surface area contributed by atoms with E-state index in [4.69, 9.17) is 0 Å². The van der Waals surface area contributed by atoms with E-state index >= 15 is 0 Å². The summed E-state index contributed by atoms with van der Waals surface area (Å²) in [4.78, 5) is 28.0. The molecule has 5 nitrogen and oxygen atoms in total. The highest BCUT2D eigenvalue weighted by Crippen LogP contribution is 2.47. The number of carbonyl (C=O) groups is 2. The Balaban J connectivity index is 1.38. The van der Waals surface area contributed by atoms with E-state index in [0.29, 0.717) is 18.8 Å². The number of nitrogens with zero attached hydrogens (tertiary/aromatic N) is 1. The van der Waals surface area contributed by atoms with Crippen LogP contribution < -0.4 is 15.5 Å². The maximum Gasteiger partial charge on any atom is 0.240 e. The lowest BCUT2D eigenvalue weighted by molar-refractivity contribution is -0.131. The minimum atomic E-state index is -0.954. The van der Waals surface area contributed by atoms with Crippen LogP contribution in [0.4, 0.5) is 17.1 Å². The summed E-state index contributed by atoms with van der Waals surface area (Å²) in [5, 5.41) is 5.85. The lowest BCUT2D eigenvalue weighted by Gasteiger charge is -2.19. The van der Waals surface area contributed by atoms with Gasteiger partial charge in [-0.3, -0.25) is 9.59 Å². The van der Waals surface area contributed by atoms with E-state index in [1.54, 1.807) is 0 Å². The Morgan fingerprint density at radius 3 is 1.76 bits per heavy atom. The van der Waals surface area contributed by atoms with Crippen molar-refractivity contribution in [2.45, 2.75) is 45.4 Å². The third-order valence-corrected chi connectivity index (χ3v) is 6.05. The van der Waals surface area contributed by atoms with Gasteiger partial charge in [0.1, 0.15) is 5.41 Å². The molecule has 1 aliphatic heterocycles. The van der Waals surface area contributed by atoms with Crippen LogP contribution in [0.1, 0.15) is 51.0 Å². The zero-order chi connectivity index (χ0) is 20.4. The third kappa shape index (κ3) is 4.14. The van der Waals surface area contributed by atoms with Crippen molar-refractivity contribution in [1.82, 2.24) is 0 Å². The minimum absolute atomic E-state index is 0.220. The predicted octanol–water partition coefficient (Wildman–Crippen LogP) is 4.77. The van der Waals surface area contributed by atoms with Crippen LogP contribution in [0.2, 0.25) is 0 Å². The first kappa shape index (κ1) is 19.5. The highest BCUT2D eigenvalue weighted by atomic mass is 16.2. The van der Waals surface area contributed by atoms with Crippen LogP contribution >= 0.6 is 0 Å². The number of benzene rings is 2. The maximum atomic E-state index is 12.8. The predicted molar refractivity (Wildman–Crippen MR) is 117 cm³/mol. The first-order valence-corrected chi connectivity index (χ1v) is 10.6. The van der Waals surface area contributed by atoms with E-state index in [9.17, 15) is 9.59 Å². The van der Waals surface area contributed by atoms with E-state index in [1.807, 2.05) is 48.5 Å². The normalized spacial score (nSPS) is 17.3. The molecular weight excluding hydrogens is 362 g/mol. The van der Waals surface area contributed by atoms with Crippen LogP contribution in [0, 0.1) is 5.41 Å². The van der Waals surface area contributed by atoms with Crippen LogP contribution in [0.15, 0.2) is 48.5 Å². The van der Waals surface area contributed by atoms with Crippen molar-refractivity contribution in [3.63, 3.8) is 0 Å². The molecule has 0 bridgehead atoms. The molecule has 2 aromatic rings. The summed E-state index contributed by atoms with van der Waals surface area (Å²) in [7, 11) is 0. The molecule has 0 unspecified atom stereocenters. The molecule has 0 atom stereocenters. The molecule has 2 amide bonds. The van der Waals surface area contributed by atoms with Gasteiger partial charge in [-0.25, -0.2) is 0 Å². The zero-order valence-electron chi connectivity index (χ0n) is 17.2. The molecule has 1 aliphatic carbocycles. The second kappa shape index (κ2) is 7.90. The lowest BCUT2D eigenvalue weighted by Crippen LogP contribution is -2.35. The van der Waals surface area contributed by atoms with Gasteiger partial charge in [0.15, 0.2) is 0 Å². The molecule has 2 fully saturated rings. The molecular formula is C24H29N3O2. The first-order chi connectivity index (χ1) is 14.0. The second-order valence-electron chi connectivity index (χ2n) is 8.51. The average molecular weight is 392 g/mol. The van der Waals surface area contributed by atoms with Gasteiger partial charge in [-0.05, 0) is 73.6 Å². The molecule has 0 aromatic heterocycles. The van der Waals surface area contributed by atoms with Gasteiger partial charge < -0.3 is 15.5 Å². The number of hydrogen-bond donors (Lipinski definition) is 2. The molecule has 1 saturated heterocycles. The number of anilines is 3. The van der Waals surface area contributed by atoms with Gasteiger partial charge in [0.2, 0.25) is 11.8 Å².